The molecule has 1 fully saturated rings. The van der Waals surface area contributed by atoms with Gasteiger partial charge in [0.25, 0.3) is 11.1 Å². The maximum absolute atomic E-state index is 12.6. The molecule has 146 valence electrons. The lowest BCUT2D eigenvalue weighted by Gasteiger charge is -2.31. The molecule has 1 aliphatic heterocycles. The second-order valence-electron chi connectivity index (χ2n) is 6.77. The van der Waals surface area contributed by atoms with Crippen molar-refractivity contribution in [3.8, 4) is 0 Å². The van der Waals surface area contributed by atoms with Gasteiger partial charge in [0.1, 0.15) is 0 Å². The normalized spacial score (nSPS) is 16.6. The van der Waals surface area contributed by atoms with Crippen LogP contribution in [0.25, 0.3) is 0 Å². The summed E-state index contributed by atoms with van der Waals surface area (Å²) in [5.41, 5.74) is -1.20. The number of halogens is 3. The molecule has 0 bridgehead atoms. The van der Waals surface area contributed by atoms with E-state index >= 15 is 0 Å². The molecule has 27 heavy (non-hydrogen) atoms. The lowest BCUT2D eigenvalue weighted by molar-refractivity contribution is -0.141. The van der Waals surface area contributed by atoms with Gasteiger partial charge in [0.2, 0.25) is 0 Å². The van der Waals surface area contributed by atoms with E-state index < -0.39 is 17.4 Å². The second kappa shape index (κ2) is 7.63. The van der Waals surface area contributed by atoms with E-state index in [9.17, 15) is 22.8 Å². The summed E-state index contributed by atoms with van der Waals surface area (Å²) in [5.74, 6) is 0.200. The van der Waals surface area contributed by atoms with Gasteiger partial charge >= 0.3 is 6.18 Å². The smallest absolute Gasteiger partial charge is 0.299 e. The minimum Gasteiger partial charge on any atom is -0.299 e. The van der Waals surface area contributed by atoms with E-state index in [1.165, 1.54) is 15.3 Å². The standard InChI is InChI=1S/C17H20F3N5O2/c1-23-15(26)3-2-13(22-23)10-24-6-4-12(5-7-24)9-25-11-21-14(8-16(25)27)17(18,19)20/h2-3,8,11-12H,4-7,9-10H2,1H3. The fraction of sp³-hybridized carbons (Fsp3) is 0.529. The number of hydrogen-bond donors (Lipinski definition) is 0. The highest BCUT2D eigenvalue weighted by atomic mass is 19.4. The maximum atomic E-state index is 12.6. The molecule has 0 amide bonds. The van der Waals surface area contributed by atoms with E-state index in [1.54, 1.807) is 13.1 Å². The number of rotatable bonds is 4. The van der Waals surface area contributed by atoms with Crippen molar-refractivity contribution in [1.29, 1.82) is 0 Å². The Labute approximate surface area is 153 Å². The van der Waals surface area contributed by atoms with Crippen molar-refractivity contribution < 1.29 is 13.2 Å². The molecule has 2 aromatic rings. The predicted molar refractivity (Wildman–Crippen MR) is 91.0 cm³/mol. The van der Waals surface area contributed by atoms with Crippen LogP contribution in [0.3, 0.4) is 0 Å². The van der Waals surface area contributed by atoms with Crippen LogP contribution in [0.1, 0.15) is 24.2 Å². The number of likely N-dealkylation sites (tertiary alicyclic amines) is 1. The summed E-state index contributed by atoms with van der Waals surface area (Å²) in [6.45, 7) is 2.56. The molecule has 0 saturated carbocycles. The van der Waals surface area contributed by atoms with Gasteiger partial charge in [-0.1, -0.05) is 0 Å². The third kappa shape index (κ3) is 4.82. The van der Waals surface area contributed by atoms with Gasteiger partial charge in [0.05, 0.1) is 12.0 Å². The van der Waals surface area contributed by atoms with Crippen LogP contribution in [0.4, 0.5) is 13.2 Å². The Morgan fingerprint density at radius 1 is 1.15 bits per heavy atom. The number of alkyl halides is 3. The predicted octanol–water partition coefficient (Wildman–Crippen LogP) is 1.27. The van der Waals surface area contributed by atoms with Crippen LogP contribution in [0, 0.1) is 5.92 Å². The highest BCUT2D eigenvalue weighted by Gasteiger charge is 2.33. The van der Waals surface area contributed by atoms with Crippen LogP contribution in [-0.2, 0) is 26.3 Å². The van der Waals surface area contributed by atoms with Crippen molar-refractivity contribution in [3.63, 3.8) is 0 Å². The van der Waals surface area contributed by atoms with Gasteiger partial charge in [-0.2, -0.15) is 18.3 Å². The van der Waals surface area contributed by atoms with E-state index in [-0.39, 0.29) is 11.5 Å². The molecule has 1 saturated heterocycles. The van der Waals surface area contributed by atoms with Gasteiger partial charge in [-0.3, -0.25) is 19.1 Å². The van der Waals surface area contributed by atoms with Crippen molar-refractivity contribution in [2.24, 2.45) is 13.0 Å². The fourth-order valence-corrected chi connectivity index (χ4v) is 3.19. The van der Waals surface area contributed by atoms with E-state index in [2.05, 4.69) is 15.0 Å². The second-order valence-corrected chi connectivity index (χ2v) is 6.77. The van der Waals surface area contributed by atoms with Gasteiger partial charge in [0, 0.05) is 32.3 Å². The van der Waals surface area contributed by atoms with Crippen molar-refractivity contribution in [1.82, 2.24) is 24.2 Å². The molecule has 0 atom stereocenters. The molecular formula is C17H20F3N5O2. The minimum absolute atomic E-state index is 0.159. The van der Waals surface area contributed by atoms with E-state index in [1.807, 2.05) is 0 Å². The Morgan fingerprint density at radius 3 is 2.44 bits per heavy atom. The maximum Gasteiger partial charge on any atom is 0.433 e. The molecule has 2 aromatic heterocycles. The molecule has 0 spiro atoms. The summed E-state index contributed by atoms with van der Waals surface area (Å²) >= 11 is 0. The number of nitrogens with zero attached hydrogens (tertiary/aromatic N) is 5. The molecule has 3 heterocycles. The van der Waals surface area contributed by atoms with Gasteiger partial charge in [-0.15, -0.1) is 0 Å². The Hall–Kier alpha value is -2.49. The summed E-state index contributed by atoms with van der Waals surface area (Å²) in [5, 5.41) is 4.21. The number of aryl methyl sites for hydroxylation is 1. The third-order valence-electron chi connectivity index (χ3n) is 4.73. The van der Waals surface area contributed by atoms with E-state index in [4.69, 9.17) is 0 Å². The molecular weight excluding hydrogens is 363 g/mol. The summed E-state index contributed by atoms with van der Waals surface area (Å²) in [6, 6.07) is 3.74. The van der Waals surface area contributed by atoms with Crippen molar-refractivity contribution >= 4 is 0 Å². The molecule has 7 nitrogen and oxygen atoms in total. The Morgan fingerprint density at radius 2 is 1.85 bits per heavy atom. The number of hydrogen-bond acceptors (Lipinski definition) is 5. The molecule has 0 aromatic carbocycles. The molecule has 0 unspecified atom stereocenters. The van der Waals surface area contributed by atoms with Crippen LogP contribution in [0.2, 0.25) is 0 Å². The molecule has 0 N–H and O–H groups in total. The molecule has 1 aliphatic rings. The monoisotopic (exact) mass is 383 g/mol. The summed E-state index contributed by atoms with van der Waals surface area (Å²) in [6.07, 6.45) is -2.00. The first-order chi connectivity index (χ1) is 12.7. The zero-order valence-electron chi connectivity index (χ0n) is 14.8. The first-order valence-electron chi connectivity index (χ1n) is 8.61. The van der Waals surface area contributed by atoms with Crippen LogP contribution in [0.15, 0.2) is 34.1 Å². The largest absolute Gasteiger partial charge is 0.433 e. The lowest BCUT2D eigenvalue weighted by Crippen LogP contribution is -2.36. The Bertz CT molecular complexity index is 914. The van der Waals surface area contributed by atoms with Crippen molar-refractivity contribution in [3.05, 3.63) is 56.6 Å². The molecule has 0 aliphatic carbocycles. The van der Waals surface area contributed by atoms with Crippen LogP contribution in [-0.4, -0.2) is 37.3 Å². The number of piperidine rings is 1. The number of aromatic nitrogens is 4. The highest BCUT2D eigenvalue weighted by Crippen LogP contribution is 2.26. The Kier molecular flexibility index (Phi) is 5.45. The van der Waals surface area contributed by atoms with Crippen molar-refractivity contribution in [2.45, 2.75) is 32.1 Å². The highest BCUT2D eigenvalue weighted by molar-refractivity contribution is 5.04. The molecule has 10 heteroatoms. The van der Waals surface area contributed by atoms with Crippen LogP contribution < -0.4 is 11.1 Å². The first-order valence-corrected chi connectivity index (χ1v) is 8.61. The van der Waals surface area contributed by atoms with Crippen molar-refractivity contribution in [2.75, 3.05) is 13.1 Å². The van der Waals surface area contributed by atoms with Gasteiger partial charge < -0.3 is 0 Å². The van der Waals surface area contributed by atoms with Crippen LogP contribution in [0.5, 0.6) is 0 Å². The van der Waals surface area contributed by atoms with Gasteiger partial charge in [0.15, 0.2) is 5.69 Å². The minimum atomic E-state index is -4.61. The van der Waals surface area contributed by atoms with E-state index in [0.29, 0.717) is 19.2 Å². The lowest BCUT2D eigenvalue weighted by atomic mass is 9.96. The average molecular weight is 383 g/mol. The Balaban J connectivity index is 1.56. The average Bonchev–Trinajstić information content (AvgIpc) is 2.61. The SMILES string of the molecule is Cn1nc(CN2CCC(Cn3cnc(C(F)(F)F)cc3=O)CC2)ccc1=O. The zero-order chi connectivity index (χ0) is 19.6. The quantitative estimate of drug-likeness (QED) is 0.795. The van der Waals surface area contributed by atoms with Gasteiger partial charge in [-0.25, -0.2) is 9.67 Å². The summed E-state index contributed by atoms with van der Waals surface area (Å²) in [7, 11) is 1.61. The van der Waals surface area contributed by atoms with Gasteiger partial charge in [-0.05, 0) is 37.9 Å². The first kappa shape index (κ1) is 19.3. The fourth-order valence-electron chi connectivity index (χ4n) is 3.19. The summed E-state index contributed by atoms with van der Waals surface area (Å²) in [4.78, 5) is 28.8. The van der Waals surface area contributed by atoms with Crippen LogP contribution >= 0.6 is 0 Å². The summed E-state index contributed by atoms with van der Waals surface area (Å²) < 4.78 is 40.3. The van der Waals surface area contributed by atoms with E-state index in [0.717, 1.165) is 38.0 Å². The topological polar surface area (TPSA) is 73.0 Å². The zero-order valence-corrected chi connectivity index (χ0v) is 14.8. The third-order valence-corrected chi connectivity index (χ3v) is 4.73. The molecule has 0 radical (unpaired) electrons. The molecule has 3 rings (SSSR count).